The van der Waals surface area contributed by atoms with Gasteiger partial charge in [-0.25, -0.2) is 13.1 Å². The van der Waals surface area contributed by atoms with Crippen molar-refractivity contribution >= 4 is 21.4 Å². The van der Waals surface area contributed by atoms with Crippen molar-refractivity contribution < 1.29 is 8.42 Å². The number of sulfonamides is 1. The van der Waals surface area contributed by atoms with Gasteiger partial charge in [-0.2, -0.15) is 5.10 Å². The summed E-state index contributed by atoms with van der Waals surface area (Å²) in [6, 6.07) is 3.56. The Morgan fingerprint density at radius 2 is 2.30 bits per heavy atom. The molecule has 0 aliphatic carbocycles. The van der Waals surface area contributed by atoms with Crippen LogP contribution in [0.4, 0.5) is 0 Å². The van der Waals surface area contributed by atoms with Crippen LogP contribution in [0.5, 0.6) is 0 Å². The first-order valence-electron chi connectivity index (χ1n) is 6.25. The van der Waals surface area contributed by atoms with Gasteiger partial charge in [0.05, 0.1) is 18.8 Å². The van der Waals surface area contributed by atoms with Gasteiger partial charge in [0.25, 0.3) is 0 Å². The quantitative estimate of drug-likeness (QED) is 0.805. The lowest BCUT2D eigenvalue weighted by molar-refractivity contribution is 0.566. The van der Waals surface area contributed by atoms with Gasteiger partial charge in [-0.3, -0.25) is 4.68 Å². The molecule has 0 bridgehead atoms. The first kappa shape index (κ1) is 15.2. The zero-order valence-corrected chi connectivity index (χ0v) is 13.0. The fraction of sp³-hybridized carbons (Fsp3) is 0.417. The molecule has 0 radical (unpaired) electrons. The molecule has 0 saturated carbocycles. The normalized spacial score (nSPS) is 13.5. The molecular formula is C12H18N4O2S2. The molecule has 110 valence electrons. The molecule has 2 aromatic rings. The third kappa shape index (κ3) is 3.66. The maximum Gasteiger partial charge on any atom is 0.244 e. The lowest BCUT2D eigenvalue weighted by atomic mass is 10.3. The Morgan fingerprint density at radius 1 is 1.50 bits per heavy atom. The van der Waals surface area contributed by atoms with Crippen LogP contribution < -0.4 is 10.0 Å². The molecule has 1 atom stereocenters. The van der Waals surface area contributed by atoms with Gasteiger partial charge in [-0.15, -0.1) is 11.3 Å². The monoisotopic (exact) mass is 314 g/mol. The van der Waals surface area contributed by atoms with Crippen molar-refractivity contribution in [3.63, 3.8) is 0 Å². The van der Waals surface area contributed by atoms with E-state index in [4.69, 9.17) is 0 Å². The van der Waals surface area contributed by atoms with Crippen LogP contribution >= 0.6 is 11.3 Å². The summed E-state index contributed by atoms with van der Waals surface area (Å²) >= 11 is 1.53. The van der Waals surface area contributed by atoms with Crippen LogP contribution in [0.25, 0.3) is 0 Å². The lowest BCUT2D eigenvalue weighted by Gasteiger charge is -2.11. The number of likely N-dealkylation sites (N-methyl/N-ethyl adjacent to an activating group) is 1. The Balaban J connectivity index is 2.08. The van der Waals surface area contributed by atoms with Crippen molar-refractivity contribution in [1.29, 1.82) is 0 Å². The van der Waals surface area contributed by atoms with Gasteiger partial charge in [-0.1, -0.05) is 6.07 Å². The maximum atomic E-state index is 12.2. The maximum absolute atomic E-state index is 12.2. The Kier molecular flexibility index (Phi) is 4.92. The lowest BCUT2D eigenvalue weighted by Crippen LogP contribution is -2.26. The van der Waals surface area contributed by atoms with E-state index in [2.05, 4.69) is 15.1 Å². The van der Waals surface area contributed by atoms with E-state index in [0.29, 0.717) is 6.54 Å². The van der Waals surface area contributed by atoms with Crippen LogP contribution in [0.2, 0.25) is 0 Å². The zero-order valence-electron chi connectivity index (χ0n) is 11.4. The molecule has 0 aliphatic rings. The van der Waals surface area contributed by atoms with Crippen molar-refractivity contribution in [2.45, 2.75) is 24.4 Å². The van der Waals surface area contributed by atoms with Crippen LogP contribution in [-0.4, -0.2) is 31.8 Å². The van der Waals surface area contributed by atoms with E-state index >= 15 is 0 Å². The Labute approximate surface area is 122 Å². The largest absolute Gasteiger partial charge is 0.318 e. The number of thiophene rings is 1. The SMILES string of the molecule is CNCCn1cc(S(=O)(=O)NC(C)c2cccs2)cn1. The second-order valence-corrected chi connectivity index (χ2v) is 7.09. The van der Waals surface area contributed by atoms with Gasteiger partial charge >= 0.3 is 0 Å². The topological polar surface area (TPSA) is 76.0 Å². The molecule has 0 fully saturated rings. The predicted molar refractivity (Wildman–Crippen MR) is 79.2 cm³/mol. The van der Waals surface area contributed by atoms with Crippen molar-refractivity contribution in [2.24, 2.45) is 0 Å². The van der Waals surface area contributed by atoms with Crippen LogP contribution in [0, 0.1) is 0 Å². The van der Waals surface area contributed by atoms with Gasteiger partial charge in [0.1, 0.15) is 4.90 Å². The molecule has 2 aromatic heterocycles. The molecule has 20 heavy (non-hydrogen) atoms. The van der Waals surface area contributed by atoms with Gasteiger partial charge in [0.2, 0.25) is 10.0 Å². The molecule has 0 aromatic carbocycles. The average Bonchev–Trinajstić information content (AvgIpc) is 3.07. The third-order valence-electron chi connectivity index (χ3n) is 2.81. The summed E-state index contributed by atoms with van der Waals surface area (Å²) < 4.78 is 28.8. The van der Waals surface area contributed by atoms with Crippen LogP contribution in [-0.2, 0) is 16.6 Å². The minimum Gasteiger partial charge on any atom is -0.318 e. The van der Waals surface area contributed by atoms with E-state index in [0.717, 1.165) is 11.4 Å². The number of nitrogens with zero attached hydrogens (tertiary/aromatic N) is 2. The first-order chi connectivity index (χ1) is 9.53. The minimum atomic E-state index is -3.54. The predicted octanol–water partition coefficient (Wildman–Crippen LogP) is 1.20. The molecule has 6 nitrogen and oxygen atoms in total. The summed E-state index contributed by atoms with van der Waals surface area (Å²) in [6.45, 7) is 3.20. The molecule has 8 heteroatoms. The van der Waals surface area contributed by atoms with E-state index < -0.39 is 10.0 Å². The molecule has 2 rings (SSSR count). The van der Waals surface area contributed by atoms with E-state index in [-0.39, 0.29) is 10.9 Å². The summed E-state index contributed by atoms with van der Waals surface area (Å²) in [5.74, 6) is 0. The number of rotatable bonds is 7. The highest BCUT2D eigenvalue weighted by atomic mass is 32.2. The second-order valence-electron chi connectivity index (χ2n) is 4.40. The minimum absolute atomic E-state index is 0.192. The van der Waals surface area contributed by atoms with Crippen molar-refractivity contribution in [3.8, 4) is 0 Å². The number of hydrogen-bond acceptors (Lipinski definition) is 5. The van der Waals surface area contributed by atoms with E-state index in [1.165, 1.54) is 17.5 Å². The van der Waals surface area contributed by atoms with Gasteiger partial charge in [-0.05, 0) is 25.4 Å². The highest BCUT2D eigenvalue weighted by Crippen LogP contribution is 2.20. The average molecular weight is 314 g/mol. The molecule has 0 saturated heterocycles. The Morgan fingerprint density at radius 3 is 2.95 bits per heavy atom. The summed E-state index contributed by atoms with van der Waals surface area (Å²) in [6.07, 6.45) is 2.92. The van der Waals surface area contributed by atoms with E-state index in [1.807, 2.05) is 31.5 Å². The fourth-order valence-corrected chi connectivity index (χ4v) is 3.71. The summed E-state index contributed by atoms with van der Waals surface area (Å²) in [7, 11) is -1.70. The van der Waals surface area contributed by atoms with Gasteiger partial charge in [0, 0.05) is 17.6 Å². The second kappa shape index (κ2) is 6.49. The zero-order chi connectivity index (χ0) is 14.6. The fourth-order valence-electron chi connectivity index (χ4n) is 1.73. The Hall–Kier alpha value is -1.22. The van der Waals surface area contributed by atoms with E-state index in [1.54, 1.807) is 10.9 Å². The summed E-state index contributed by atoms with van der Waals surface area (Å²) in [4.78, 5) is 1.17. The summed E-state index contributed by atoms with van der Waals surface area (Å²) in [5, 5.41) is 8.97. The van der Waals surface area contributed by atoms with E-state index in [9.17, 15) is 8.42 Å². The molecule has 0 spiro atoms. The van der Waals surface area contributed by atoms with Crippen LogP contribution in [0.15, 0.2) is 34.8 Å². The molecule has 2 heterocycles. The number of hydrogen-bond donors (Lipinski definition) is 2. The van der Waals surface area contributed by atoms with Crippen molar-refractivity contribution in [3.05, 3.63) is 34.8 Å². The number of aromatic nitrogens is 2. The van der Waals surface area contributed by atoms with Crippen LogP contribution in [0.3, 0.4) is 0 Å². The molecule has 2 N–H and O–H groups in total. The third-order valence-corrected chi connectivity index (χ3v) is 5.36. The standard InChI is InChI=1S/C12H18N4O2S2/c1-10(12-4-3-7-19-12)15-20(17,18)11-8-14-16(9-11)6-5-13-2/h3-4,7-10,13,15H,5-6H2,1-2H3. The first-order valence-corrected chi connectivity index (χ1v) is 8.62. The molecule has 1 unspecified atom stereocenters. The highest BCUT2D eigenvalue weighted by Gasteiger charge is 2.20. The smallest absolute Gasteiger partial charge is 0.244 e. The number of nitrogens with one attached hydrogen (secondary N) is 2. The molecule has 0 amide bonds. The van der Waals surface area contributed by atoms with Crippen molar-refractivity contribution in [1.82, 2.24) is 19.8 Å². The van der Waals surface area contributed by atoms with Crippen LogP contribution in [0.1, 0.15) is 17.8 Å². The Bertz CT molecular complexity index is 634. The molecule has 0 aliphatic heterocycles. The van der Waals surface area contributed by atoms with Crippen molar-refractivity contribution in [2.75, 3.05) is 13.6 Å². The molecular weight excluding hydrogens is 296 g/mol. The van der Waals surface area contributed by atoms with Gasteiger partial charge in [0.15, 0.2) is 0 Å². The van der Waals surface area contributed by atoms with Gasteiger partial charge < -0.3 is 5.32 Å². The summed E-state index contributed by atoms with van der Waals surface area (Å²) in [5.41, 5.74) is 0. The highest BCUT2D eigenvalue weighted by molar-refractivity contribution is 7.89.